The molecule has 0 heterocycles. The Morgan fingerprint density at radius 3 is 2.33 bits per heavy atom. The van der Waals surface area contributed by atoms with Gasteiger partial charge >= 0.3 is 11.9 Å². The van der Waals surface area contributed by atoms with Crippen LogP contribution in [0.3, 0.4) is 0 Å². The van der Waals surface area contributed by atoms with E-state index in [2.05, 4.69) is 13.8 Å². The van der Waals surface area contributed by atoms with Gasteiger partial charge in [0.2, 0.25) is 0 Å². The minimum Gasteiger partial charge on any atom is -0.462 e. The Morgan fingerprint density at radius 2 is 1.67 bits per heavy atom. The fourth-order valence-corrected chi connectivity index (χ4v) is 3.23. The maximum absolute atomic E-state index is 12.5. The summed E-state index contributed by atoms with van der Waals surface area (Å²) >= 11 is 0. The van der Waals surface area contributed by atoms with Crippen LogP contribution in [0.4, 0.5) is 0 Å². The first kappa shape index (κ1) is 18.8. The van der Waals surface area contributed by atoms with Crippen molar-refractivity contribution in [1.82, 2.24) is 0 Å². The van der Waals surface area contributed by atoms with Crippen LogP contribution in [-0.4, -0.2) is 24.3 Å². The molecule has 0 N–H and O–H groups in total. The SMILES string of the molecule is CCOC(=O)c1ccc(OC(=O)c2ccc3c(c2)C(=O)CCC3(C)C)cc1. The largest absolute Gasteiger partial charge is 0.462 e. The van der Waals surface area contributed by atoms with Gasteiger partial charge in [0, 0.05) is 12.0 Å². The van der Waals surface area contributed by atoms with Crippen molar-refractivity contribution in [2.24, 2.45) is 0 Å². The molecule has 0 aliphatic heterocycles. The molecule has 0 aromatic heterocycles. The number of rotatable bonds is 4. The number of hydrogen-bond donors (Lipinski definition) is 0. The van der Waals surface area contributed by atoms with E-state index in [0.29, 0.717) is 35.5 Å². The van der Waals surface area contributed by atoms with Crippen molar-refractivity contribution in [3.8, 4) is 5.75 Å². The molecule has 0 saturated heterocycles. The second kappa shape index (κ2) is 7.35. The van der Waals surface area contributed by atoms with Crippen LogP contribution >= 0.6 is 0 Å². The molecule has 2 aromatic rings. The van der Waals surface area contributed by atoms with E-state index in [1.165, 1.54) is 12.1 Å². The molecule has 0 bridgehead atoms. The molecule has 1 aliphatic rings. The molecular formula is C22H22O5. The van der Waals surface area contributed by atoms with Crippen molar-refractivity contribution >= 4 is 17.7 Å². The summed E-state index contributed by atoms with van der Waals surface area (Å²) < 4.78 is 10.3. The van der Waals surface area contributed by atoms with Gasteiger partial charge in [-0.1, -0.05) is 19.9 Å². The molecule has 27 heavy (non-hydrogen) atoms. The highest BCUT2D eigenvalue weighted by atomic mass is 16.5. The lowest BCUT2D eigenvalue weighted by molar-refractivity contribution is 0.0526. The second-order valence-corrected chi connectivity index (χ2v) is 7.20. The van der Waals surface area contributed by atoms with Crippen LogP contribution in [0.5, 0.6) is 5.75 Å². The maximum atomic E-state index is 12.5. The number of fused-ring (bicyclic) bond motifs is 1. The van der Waals surface area contributed by atoms with Gasteiger partial charge in [-0.15, -0.1) is 0 Å². The number of ether oxygens (including phenoxy) is 2. The number of benzene rings is 2. The number of esters is 2. The summed E-state index contributed by atoms with van der Waals surface area (Å²) in [5.74, 6) is -0.598. The number of carbonyl (C=O) groups excluding carboxylic acids is 3. The molecule has 0 atom stereocenters. The minimum atomic E-state index is -0.544. The van der Waals surface area contributed by atoms with Crippen LogP contribution in [0, 0.1) is 0 Å². The molecule has 0 unspecified atom stereocenters. The zero-order valence-electron chi connectivity index (χ0n) is 15.7. The fourth-order valence-electron chi connectivity index (χ4n) is 3.23. The highest BCUT2D eigenvalue weighted by Crippen LogP contribution is 2.37. The van der Waals surface area contributed by atoms with Crippen molar-refractivity contribution in [1.29, 1.82) is 0 Å². The summed E-state index contributed by atoms with van der Waals surface area (Å²) in [5, 5.41) is 0. The van der Waals surface area contributed by atoms with Crippen molar-refractivity contribution in [3.05, 3.63) is 64.7 Å². The third-order valence-electron chi connectivity index (χ3n) is 4.84. The smallest absolute Gasteiger partial charge is 0.343 e. The lowest BCUT2D eigenvalue weighted by Crippen LogP contribution is -2.27. The minimum absolute atomic E-state index is 0.0535. The normalized spacial score (nSPS) is 15.0. The third-order valence-corrected chi connectivity index (χ3v) is 4.84. The molecule has 0 fully saturated rings. The highest BCUT2D eigenvalue weighted by Gasteiger charge is 2.32. The third kappa shape index (κ3) is 3.92. The van der Waals surface area contributed by atoms with E-state index in [-0.39, 0.29) is 11.2 Å². The topological polar surface area (TPSA) is 69.7 Å². The zero-order chi connectivity index (χ0) is 19.6. The molecule has 0 amide bonds. The van der Waals surface area contributed by atoms with Gasteiger partial charge in [0.25, 0.3) is 0 Å². The molecule has 0 radical (unpaired) electrons. The van der Waals surface area contributed by atoms with Gasteiger partial charge in [-0.05, 0) is 60.7 Å². The number of Topliss-reactive ketones (excluding diaryl/α,β-unsaturated/α-hetero) is 1. The van der Waals surface area contributed by atoms with Crippen molar-refractivity contribution in [2.75, 3.05) is 6.61 Å². The zero-order valence-corrected chi connectivity index (χ0v) is 15.7. The number of hydrogen-bond acceptors (Lipinski definition) is 5. The molecule has 2 aromatic carbocycles. The number of carbonyl (C=O) groups is 3. The molecule has 1 aliphatic carbocycles. The molecular weight excluding hydrogens is 344 g/mol. The van der Waals surface area contributed by atoms with Gasteiger partial charge < -0.3 is 9.47 Å². The van der Waals surface area contributed by atoms with E-state index >= 15 is 0 Å². The number of ketones is 1. The first-order valence-electron chi connectivity index (χ1n) is 8.99. The predicted molar refractivity (Wildman–Crippen MR) is 100 cm³/mol. The lowest BCUT2D eigenvalue weighted by Gasteiger charge is -2.31. The van der Waals surface area contributed by atoms with E-state index in [1.807, 2.05) is 6.07 Å². The van der Waals surface area contributed by atoms with Gasteiger partial charge in [-0.3, -0.25) is 4.79 Å². The molecule has 0 spiro atoms. The second-order valence-electron chi connectivity index (χ2n) is 7.20. The van der Waals surface area contributed by atoms with E-state index in [1.54, 1.807) is 31.2 Å². The van der Waals surface area contributed by atoms with E-state index < -0.39 is 11.9 Å². The molecule has 140 valence electrons. The summed E-state index contributed by atoms with van der Waals surface area (Å²) in [7, 11) is 0. The van der Waals surface area contributed by atoms with Crippen molar-refractivity contribution < 1.29 is 23.9 Å². The summed E-state index contributed by atoms with van der Waals surface area (Å²) in [6.07, 6.45) is 1.28. The van der Waals surface area contributed by atoms with Crippen LogP contribution in [0.15, 0.2) is 42.5 Å². The summed E-state index contributed by atoms with van der Waals surface area (Å²) in [4.78, 5) is 36.4. The molecule has 5 heteroatoms. The van der Waals surface area contributed by atoms with E-state index in [4.69, 9.17) is 9.47 Å². The molecule has 5 nitrogen and oxygen atoms in total. The van der Waals surface area contributed by atoms with E-state index in [0.717, 1.165) is 12.0 Å². The summed E-state index contributed by atoms with van der Waals surface area (Å²) in [6, 6.07) is 11.3. The van der Waals surface area contributed by atoms with Gasteiger partial charge in [0.15, 0.2) is 5.78 Å². The average molecular weight is 366 g/mol. The van der Waals surface area contributed by atoms with Crippen molar-refractivity contribution in [3.63, 3.8) is 0 Å². The van der Waals surface area contributed by atoms with Crippen LogP contribution in [0.1, 0.15) is 70.3 Å². The van der Waals surface area contributed by atoms with Crippen LogP contribution in [-0.2, 0) is 10.2 Å². The van der Waals surface area contributed by atoms with Crippen LogP contribution in [0.25, 0.3) is 0 Å². The lowest BCUT2D eigenvalue weighted by atomic mass is 9.72. The Hall–Kier alpha value is -2.95. The van der Waals surface area contributed by atoms with Crippen LogP contribution in [0.2, 0.25) is 0 Å². The fraction of sp³-hybridized carbons (Fsp3) is 0.318. The molecule has 3 rings (SSSR count). The quantitative estimate of drug-likeness (QED) is 0.595. The highest BCUT2D eigenvalue weighted by molar-refractivity contribution is 6.02. The Morgan fingerprint density at radius 1 is 1.00 bits per heavy atom. The maximum Gasteiger partial charge on any atom is 0.343 e. The monoisotopic (exact) mass is 366 g/mol. The Kier molecular flexibility index (Phi) is 5.13. The average Bonchev–Trinajstić information content (AvgIpc) is 2.65. The van der Waals surface area contributed by atoms with Gasteiger partial charge in [-0.2, -0.15) is 0 Å². The van der Waals surface area contributed by atoms with Crippen LogP contribution < -0.4 is 4.74 Å². The van der Waals surface area contributed by atoms with Crippen molar-refractivity contribution in [2.45, 2.75) is 39.0 Å². The summed E-state index contributed by atoms with van der Waals surface area (Å²) in [5.41, 5.74) is 2.19. The Bertz CT molecular complexity index is 893. The summed E-state index contributed by atoms with van der Waals surface area (Å²) in [6.45, 7) is 6.23. The first-order chi connectivity index (χ1) is 12.8. The predicted octanol–water partition coefficient (Wildman–Crippen LogP) is 4.34. The van der Waals surface area contributed by atoms with Gasteiger partial charge in [-0.25, -0.2) is 9.59 Å². The van der Waals surface area contributed by atoms with E-state index in [9.17, 15) is 14.4 Å². The molecule has 0 saturated carbocycles. The van der Waals surface area contributed by atoms with Gasteiger partial charge in [0.1, 0.15) is 5.75 Å². The standard InChI is InChI=1S/C22H22O5/c1-4-26-20(24)14-5-8-16(9-6-14)27-21(25)15-7-10-18-17(13-15)19(23)11-12-22(18,2)3/h5-10,13H,4,11-12H2,1-3H3. The Labute approximate surface area is 158 Å². The first-order valence-corrected chi connectivity index (χ1v) is 8.99. The Balaban J connectivity index is 1.78. The van der Waals surface area contributed by atoms with Gasteiger partial charge in [0.05, 0.1) is 17.7 Å².